The quantitative estimate of drug-likeness (QED) is 0.869. The van der Waals surface area contributed by atoms with E-state index < -0.39 is 5.82 Å². The maximum atomic E-state index is 13.4. The van der Waals surface area contributed by atoms with Crippen LogP contribution in [0.5, 0.6) is 5.75 Å². The molecule has 1 aliphatic rings. The van der Waals surface area contributed by atoms with Crippen LogP contribution in [0.2, 0.25) is 0 Å². The lowest BCUT2D eigenvalue weighted by molar-refractivity contribution is -0.117. The van der Waals surface area contributed by atoms with Crippen LogP contribution in [0.3, 0.4) is 0 Å². The molecule has 0 aliphatic carbocycles. The van der Waals surface area contributed by atoms with E-state index in [0.717, 1.165) is 6.54 Å². The number of morpholine rings is 1. The summed E-state index contributed by atoms with van der Waals surface area (Å²) in [7, 11) is 0. The van der Waals surface area contributed by atoms with Crippen LogP contribution in [0, 0.1) is 5.82 Å². The maximum absolute atomic E-state index is 13.4. The van der Waals surface area contributed by atoms with Gasteiger partial charge in [-0.15, -0.1) is 12.4 Å². The van der Waals surface area contributed by atoms with Gasteiger partial charge in [-0.2, -0.15) is 0 Å². The SMILES string of the molecule is CC(C)Oc1ccc(F)cc1NC(=O)CC1COCCN1.Cl. The fraction of sp³-hybridized carbons (Fsp3) is 0.533. The highest BCUT2D eigenvalue weighted by Gasteiger charge is 2.18. The molecule has 1 saturated heterocycles. The van der Waals surface area contributed by atoms with Crippen molar-refractivity contribution in [3.63, 3.8) is 0 Å². The number of rotatable bonds is 5. The van der Waals surface area contributed by atoms with E-state index in [9.17, 15) is 9.18 Å². The molecule has 1 aromatic carbocycles. The molecule has 1 heterocycles. The zero-order valence-corrected chi connectivity index (χ0v) is 13.5. The molecule has 1 aromatic rings. The van der Waals surface area contributed by atoms with Crippen molar-refractivity contribution in [1.29, 1.82) is 0 Å². The number of carbonyl (C=O) groups excluding carboxylic acids is 1. The molecule has 0 aromatic heterocycles. The number of amides is 1. The van der Waals surface area contributed by atoms with E-state index in [1.165, 1.54) is 18.2 Å². The molecule has 7 heteroatoms. The molecule has 0 radical (unpaired) electrons. The molecule has 1 unspecified atom stereocenters. The van der Waals surface area contributed by atoms with Gasteiger partial charge in [0.15, 0.2) is 0 Å². The molecule has 0 saturated carbocycles. The van der Waals surface area contributed by atoms with Crippen molar-refractivity contribution in [2.24, 2.45) is 0 Å². The summed E-state index contributed by atoms with van der Waals surface area (Å²) >= 11 is 0. The minimum absolute atomic E-state index is 0. The largest absolute Gasteiger partial charge is 0.489 e. The Bertz CT molecular complexity index is 494. The fourth-order valence-corrected chi connectivity index (χ4v) is 2.13. The van der Waals surface area contributed by atoms with Gasteiger partial charge in [0.05, 0.1) is 25.0 Å². The average Bonchev–Trinajstić information content (AvgIpc) is 2.42. The zero-order valence-electron chi connectivity index (χ0n) is 12.7. The van der Waals surface area contributed by atoms with E-state index >= 15 is 0 Å². The van der Waals surface area contributed by atoms with E-state index in [2.05, 4.69) is 10.6 Å². The van der Waals surface area contributed by atoms with Gasteiger partial charge >= 0.3 is 0 Å². The number of hydrogen-bond donors (Lipinski definition) is 2. The normalized spacial score (nSPS) is 17.7. The average molecular weight is 333 g/mol. The van der Waals surface area contributed by atoms with Gasteiger partial charge in [0.1, 0.15) is 11.6 Å². The second kappa shape index (κ2) is 8.92. The van der Waals surface area contributed by atoms with Crippen LogP contribution >= 0.6 is 12.4 Å². The van der Waals surface area contributed by atoms with Crippen LogP contribution in [0.15, 0.2) is 18.2 Å². The number of halogens is 2. The summed E-state index contributed by atoms with van der Waals surface area (Å²) in [5, 5.41) is 5.91. The van der Waals surface area contributed by atoms with Gasteiger partial charge in [-0.25, -0.2) is 4.39 Å². The molecule has 0 bridgehead atoms. The summed E-state index contributed by atoms with van der Waals surface area (Å²) in [4.78, 5) is 12.0. The monoisotopic (exact) mass is 332 g/mol. The summed E-state index contributed by atoms with van der Waals surface area (Å²) < 4.78 is 24.2. The highest BCUT2D eigenvalue weighted by molar-refractivity contribution is 5.92. The van der Waals surface area contributed by atoms with Gasteiger partial charge in [0.2, 0.25) is 5.91 Å². The molecule has 1 fully saturated rings. The molecular formula is C15H22ClFN2O3. The standard InChI is InChI=1S/C15H21FN2O3.ClH/c1-10(2)21-14-4-3-11(16)7-13(14)18-15(19)8-12-9-20-6-5-17-12;/h3-4,7,10,12,17H,5-6,8-9H2,1-2H3,(H,18,19);1H. The second-order valence-corrected chi connectivity index (χ2v) is 5.29. The van der Waals surface area contributed by atoms with E-state index in [4.69, 9.17) is 9.47 Å². The van der Waals surface area contributed by atoms with Crippen LogP contribution in [0.4, 0.5) is 10.1 Å². The molecule has 2 rings (SSSR count). The molecule has 1 atom stereocenters. The first kappa shape index (κ1) is 18.7. The Morgan fingerprint density at radius 1 is 1.55 bits per heavy atom. The minimum Gasteiger partial charge on any atom is -0.489 e. The minimum atomic E-state index is -0.416. The van der Waals surface area contributed by atoms with Crippen molar-refractivity contribution in [2.45, 2.75) is 32.4 Å². The number of hydrogen-bond acceptors (Lipinski definition) is 4. The Morgan fingerprint density at radius 2 is 2.32 bits per heavy atom. The number of ether oxygens (including phenoxy) is 2. The molecule has 0 spiro atoms. The Labute approximate surface area is 136 Å². The van der Waals surface area contributed by atoms with E-state index in [1.807, 2.05) is 13.8 Å². The first-order valence-electron chi connectivity index (χ1n) is 7.12. The predicted octanol–water partition coefficient (Wildman–Crippen LogP) is 2.35. The summed E-state index contributed by atoms with van der Waals surface area (Å²) in [6, 6.07) is 4.08. The summed E-state index contributed by atoms with van der Waals surface area (Å²) in [6.45, 7) is 5.65. The van der Waals surface area contributed by atoms with Crippen LogP contribution in [0.1, 0.15) is 20.3 Å². The number of nitrogens with one attached hydrogen (secondary N) is 2. The van der Waals surface area contributed by atoms with E-state index in [0.29, 0.717) is 24.7 Å². The third kappa shape index (κ3) is 5.79. The van der Waals surface area contributed by atoms with Gasteiger partial charge in [-0.1, -0.05) is 0 Å². The van der Waals surface area contributed by atoms with Crippen molar-refractivity contribution < 1.29 is 18.7 Å². The summed E-state index contributed by atoms with van der Waals surface area (Å²) in [5.74, 6) is -0.148. The first-order chi connectivity index (χ1) is 10.0. The van der Waals surface area contributed by atoms with E-state index in [-0.39, 0.29) is 36.9 Å². The Hall–Kier alpha value is -1.37. The molecule has 1 amide bonds. The Morgan fingerprint density at radius 3 is 2.95 bits per heavy atom. The van der Waals surface area contributed by atoms with E-state index in [1.54, 1.807) is 0 Å². The lowest BCUT2D eigenvalue weighted by Gasteiger charge is -2.23. The molecule has 5 nitrogen and oxygen atoms in total. The van der Waals surface area contributed by atoms with Crippen molar-refractivity contribution in [1.82, 2.24) is 5.32 Å². The highest BCUT2D eigenvalue weighted by Crippen LogP contribution is 2.26. The van der Waals surface area contributed by atoms with Gasteiger partial charge in [0.25, 0.3) is 0 Å². The number of benzene rings is 1. The van der Waals surface area contributed by atoms with Crippen molar-refractivity contribution in [3.05, 3.63) is 24.0 Å². The highest BCUT2D eigenvalue weighted by atomic mass is 35.5. The molecular weight excluding hydrogens is 311 g/mol. The Kier molecular flexibility index (Phi) is 7.58. The van der Waals surface area contributed by atoms with Crippen molar-refractivity contribution in [3.8, 4) is 5.75 Å². The maximum Gasteiger partial charge on any atom is 0.226 e. The fourth-order valence-electron chi connectivity index (χ4n) is 2.13. The van der Waals surface area contributed by atoms with Crippen molar-refractivity contribution >= 4 is 24.0 Å². The summed E-state index contributed by atoms with van der Waals surface area (Å²) in [5.41, 5.74) is 0.352. The zero-order chi connectivity index (χ0) is 15.2. The molecule has 2 N–H and O–H groups in total. The third-order valence-corrected chi connectivity index (χ3v) is 3.01. The lowest BCUT2D eigenvalue weighted by atomic mass is 10.2. The van der Waals surface area contributed by atoms with Crippen LogP contribution in [-0.2, 0) is 9.53 Å². The Balaban J connectivity index is 0.00000242. The summed E-state index contributed by atoms with van der Waals surface area (Å²) in [6.07, 6.45) is 0.219. The van der Waals surface area contributed by atoms with Crippen LogP contribution in [-0.4, -0.2) is 37.8 Å². The van der Waals surface area contributed by atoms with Crippen LogP contribution < -0.4 is 15.4 Å². The van der Waals surface area contributed by atoms with Crippen molar-refractivity contribution in [2.75, 3.05) is 25.1 Å². The second-order valence-electron chi connectivity index (χ2n) is 5.29. The number of carbonyl (C=O) groups is 1. The van der Waals surface area contributed by atoms with Gasteiger partial charge < -0.3 is 20.1 Å². The van der Waals surface area contributed by atoms with Gasteiger partial charge in [0, 0.05) is 25.1 Å². The molecule has 22 heavy (non-hydrogen) atoms. The first-order valence-corrected chi connectivity index (χ1v) is 7.12. The van der Waals surface area contributed by atoms with Crippen LogP contribution in [0.25, 0.3) is 0 Å². The molecule has 124 valence electrons. The lowest BCUT2D eigenvalue weighted by Crippen LogP contribution is -2.43. The number of anilines is 1. The van der Waals surface area contributed by atoms with Gasteiger partial charge in [-0.05, 0) is 26.0 Å². The topological polar surface area (TPSA) is 59.6 Å². The third-order valence-electron chi connectivity index (χ3n) is 3.01. The smallest absolute Gasteiger partial charge is 0.226 e. The molecule has 1 aliphatic heterocycles. The van der Waals surface area contributed by atoms with Gasteiger partial charge in [-0.3, -0.25) is 4.79 Å². The predicted molar refractivity (Wildman–Crippen MR) is 85.3 cm³/mol.